The van der Waals surface area contributed by atoms with Gasteiger partial charge in [0.15, 0.2) is 5.69 Å². The zero-order valence-corrected chi connectivity index (χ0v) is 13.4. The van der Waals surface area contributed by atoms with Gasteiger partial charge in [-0.3, -0.25) is 4.79 Å². The van der Waals surface area contributed by atoms with Crippen molar-refractivity contribution in [3.05, 3.63) is 47.2 Å². The van der Waals surface area contributed by atoms with Crippen LogP contribution >= 0.6 is 23.3 Å². The molecule has 0 aliphatic carbocycles. The third-order valence-corrected chi connectivity index (χ3v) is 3.76. The number of anilines is 1. The number of carbonyl (C=O) groups is 1. The number of hydrogen-bond donors (Lipinski definition) is 2. The van der Waals surface area contributed by atoms with Crippen molar-refractivity contribution < 1.29 is 9.90 Å². The van der Waals surface area contributed by atoms with Gasteiger partial charge in [0, 0.05) is 16.7 Å². The van der Waals surface area contributed by atoms with Crippen LogP contribution in [0, 0.1) is 0 Å². The number of aliphatic hydroxyl groups is 1. The summed E-state index contributed by atoms with van der Waals surface area (Å²) in [6.45, 7) is 0.156. The van der Waals surface area contributed by atoms with Crippen molar-refractivity contribution in [2.75, 3.05) is 11.9 Å². The second-order valence-electron chi connectivity index (χ2n) is 4.62. The Morgan fingerprint density at radius 3 is 2.96 bits per heavy atom. The van der Waals surface area contributed by atoms with Crippen molar-refractivity contribution in [1.82, 2.24) is 18.5 Å². The number of rotatable bonds is 5. The van der Waals surface area contributed by atoms with Gasteiger partial charge in [0.2, 0.25) is 0 Å². The molecule has 0 fully saturated rings. The molecule has 9 heteroatoms. The average Bonchev–Trinajstić information content (AvgIpc) is 3.18. The number of aromatic nitrogens is 4. The molecule has 0 bridgehead atoms. The predicted octanol–water partition coefficient (Wildman–Crippen LogP) is 2.30. The third kappa shape index (κ3) is 3.55. The zero-order chi connectivity index (χ0) is 16.2. The van der Waals surface area contributed by atoms with Gasteiger partial charge in [0.1, 0.15) is 5.82 Å². The van der Waals surface area contributed by atoms with E-state index >= 15 is 0 Å². The molecule has 0 saturated carbocycles. The van der Waals surface area contributed by atoms with Crippen LogP contribution < -0.4 is 5.32 Å². The highest BCUT2D eigenvalue weighted by molar-refractivity contribution is 6.99. The molecule has 0 radical (unpaired) electrons. The fourth-order valence-electron chi connectivity index (χ4n) is 2.02. The number of halogens is 1. The zero-order valence-electron chi connectivity index (χ0n) is 11.8. The van der Waals surface area contributed by atoms with E-state index in [1.54, 1.807) is 18.2 Å². The average molecular weight is 350 g/mol. The number of nitrogens with zero attached hydrogens (tertiary/aromatic N) is 4. The van der Waals surface area contributed by atoms with Crippen LogP contribution in [0.3, 0.4) is 0 Å². The Morgan fingerprint density at radius 1 is 1.39 bits per heavy atom. The van der Waals surface area contributed by atoms with Crippen LogP contribution in [0.15, 0.2) is 36.5 Å². The largest absolute Gasteiger partial charge is 0.394 e. The van der Waals surface area contributed by atoms with E-state index in [9.17, 15) is 9.90 Å². The van der Waals surface area contributed by atoms with Crippen LogP contribution in [0.25, 0.3) is 11.3 Å². The molecular weight excluding hydrogens is 338 g/mol. The first-order valence-corrected chi connectivity index (χ1v) is 7.82. The predicted molar refractivity (Wildman–Crippen MR) is 87.6 cm³/mol. The van der Waals surface area contributed by atoms with Crippen molar-refractivity contribution in [2.24, 2.45) is 0 Å². The number of benzene rings is 1. The Morgan fingerprint density at radius 2 is 2.26 bits per heavy atom. The standard InChI is InChI=1S/C14H12ClN5O2S/c15-10-3-1-2-9(6-10)11-7-13(20(18-11)4-5-21)17-14(22)12-8-16-23-19-12/h1-3,6-8,21H,4-5H2,(H,17,22). The van der Waals surface area contributed by atoms with Crippen LogP contribution in [-0.2, 0) is 6.54 Å². The first-order chi connectivity index (χ1) is 11.2. The van der Waals surface area contributed by atoms with Gasteiger partial charge in [-0.25, -0.2) is 4.68 Å². The molecule has 0 aliphatic rings. The van der Waals surface area contributed by atoms with Crippen molar-refractivity contribution in [2.45, 2.75) is 6.54 Å². The van der Waals surface area contributed by atoms with E-state index in [-0.39, 0.29) is 24.8 Å². The quantitative estimate of drug-likeness (QED) is 0.737. The molecule has 1 amide bonds. The van der Waals surface area contributed by atoms with Gasteiger partial charge < -0.3 is 10.4 Å². The molecule has 2 heterocycles. The summed E-state index contributed by atoms with van der Waals surface area (Å²) in [7, 11) is 0. The highest BCUT2D eigenvalue weighted by atomic mass is 35.5. The Hall–Kier alpha value is -2.29. The minimum Gasteiger partial charge on any atom is -0.394 e. The van der Waals surface area contributed by atoms with Crippen LogP contribution in [0.5, 0.6) is 0 Å². The van der Waals surface area contributed by atoms with Crippen molar-refractivity contribution >= 4 is 35.1 Å². The maximum Gasteiger partial charge on any atom is 0.278 e. The molecule has 2 N–H and O–H groups in total. The van der Waals surface area contributed by atoms with E-state index in [2.05, 4.69) is 19.2 Å². The summed E-state index contributed by atoms with van der Waals surface area (Å²) in [4.78, 5) is 12.1. The summed E-state index contributed by atoms with van der Waals surface area (Å²) in [5.74, 6) is 0.0857. The normalized spacial score (nSPS) is 10.7. The van der Waals surface area contributed by atoms with Gasteiger partial charge in [0.25, 0.3) is 5.91 Å². The second-order valence-corrected chi connectivity index (χ2v) is 5.61. The molecule has 0 saturated heterocycles. The number of aliphatic hydroxyl groups excluding tert-OH is 1. The Bertz CT molecular complexity index is 818. The molecule has 3 aromatic rings. The lowest BCUT2D eigenvalue weighted by molar-refractivity contribution is 0.102. The fourth-order valence-corrected chi connectivity index (χ4v) is 2.62. The van der Waals surface area contributed by atoms with Crippen LogP contribution in [0.1, 0.15) is 10.5 Å². The van der Waals surface area contributed by atoms with E-state index < -0.39 is 0 Å². The number of carbonyl (C=O) groups excluding carboxylic acids is 1. The summed E-state index contributed by atoms with van der Waals surface area (Å²) in [6, 6.07) is 8.96. The molecule has 0 aliphatic heterocycles. The minimum absolute atomic E-state index is 0.0994. The van der Waals surface area contributed by atoms with E-state index in [1.807, 2.05) is 12.1 Å². The molecule has 23 heavy (non-hydrogen) atoms. The lowest BCUT2D eigenvalue weighted by atomic mass is 10.1. The van der Waals surface area contributed by atoms with Gasteiger partial charge in [-0.2, -0.15) is 13.8 Å². The lowest BCUT2D eigenvalue weighted by Crippen LogP contribution is -2.16. The molecule has 7 nitrogen and oxygen atoms in total. The first kappa shape index (κ1) is 15.6. The van der Waals surface area contributed by atoms with E-state index in [1.165, 1.54) is 10.9 Å². The molecular formula is C14H12ClN5O2S. The van der Waals surface area contributed by atoms with Crippen molar-refractivity contribution in [1.29, 1.82) is 0 Å². The van der Waals surface area contributed by atoms with E-state index in [0.29, 0.717) is 16.5 Å². The minimum atomic E-state index is -0.379. The third-order valence-electron chi connectivity index (χ3n) is 3.05. The maximum atomic E-state index is 12.1. The lowest BCUT2D eigenvalue weighted by Gasteiger charge is -2.05. The summed E-state index contributed by atoms with van der Waals surface area (Å²) < 4.78 is 9.21. The van der Waals surface area contributed by atoms with Crippen molar-refractivity contribution in [3.63, 3.8) is 0 Å². The Balaban J connectivity index is 1.91. The molecule has 0 atom stereocenters. The Kier molecular flexibility index (Phi) is 4.65. The number of hydrogen-bond acceptors (Lipinski definition) is 6. The topological polar surface area (TPSA) is 92.9 Å². The SMILES string of the molecule is O=C(Nc1cc(-c2cccc(Cl)c2)nn1CCO)c1cnsn1. The van der Waals surface area contributed by atoms with Crippen LogP contribution in [0.2, 0.25) is 5.02 Å². The molecule has 118 valence electrons. The Labute approximate surface area is 140 Å². The number of amides is 1. The van der Waals surface area contributed by atoms with Crippen LogP contribution in [-0.4, -0.2) is 36.1 Å². The monoisotopic (exact) mass is 349 g/mol. The van der Waals surface area contributed by atoms with Gasteiger partial charge in [-0.15, -0.1) is 0 Å². The smallest absolute Gasteiger partial charge is 0.278 e. The van der Waals surface area contributed by atoms with E-state index in [0.717, 1.165) is 17.3 Å². The summed E-state index contributed by atoms with van der Waals surface area (Å²) in [5.41, 5.74) is 1.70. The fraction of sp³-hybridized carbons (Fsp3) is 0.143. The van der Waals surface area contributed by atoms with E-state index in [4.69, 9.17) is 11.6 Å². The maximum absolute atomic E-state index is 12.1. The molecule has 0 spiro atoms. The van der Waals surface area contributed by atoms with Crippen LogP contribution in [0.4, 0.5) is 5.82 Å². The summed E-state index contributed by atoms with van der Waals surface area (Å²) in [6.07, 6.45) is 1.39. The summed E-state index contributed by atoms with van der Waals surface area (Å²) >= 11 is 6.95. The molecule has 2 aromatic heterocycles. The van der Waals surface area contributed by atoms with Gasteiger partial charge >= 0.3 is 0 Å². The summed E-state index contributed by atoms with van der Waals surface area (Å²) in [5, 5.41) is 16.9. The van der Waals surface area contributed by atoms with Gasteiger partial charge in [-0.1, -0.05) is 23.7 Å². The van der Waals surface area contributed by atoms with Gasteiger partial charge in [0.05, 0.1) is 36.8 Å². The molecule has 0 unspecified atom stereocenters. The highest BCUT2D eigenvalue weighted by Gasteiger charge is 2.15. The molecule has 1 aromatic carbocycles. The van der Waals surface area contributed by atoms with Crippen molar-refractivity contribution in [3.8, 4) is 11.3 Å². The second kappa shape index (κ2) is 6.86. The molecule has 3 rings (SSSR count). The number of nitrogens with one attached hydrogen (secondary N) is 1. The van der Waals surface area contributed by atoms with Gasteiger partial charge in [-0.05, 0) is 12.1 Å². The highest BCUT2D eigenvalue weighted by Crippen LogP contribution is 2.24. The first-order valence-electron chi connectivity index (χ1n) is 6.71.